The SMILES string of the molecule is Cl.N[C@@H]1CCC[C@H]1CC(=O)N1CCCC(CNC(=O)Nc2cccc(F)c2)C1. The summed E-state index contributed by atoms with van der Waals surface area (Å²) < 4.78 is 13.2. The molecular weight excluding hydrogens is 383 g/mol. The smallest absolute Gasteiger partial charge is 0.319 e. The van der Waals surface area contributed by atoms with Crippen LogP contribution in [0.5, 0.6) is 0 Å². The highest BCUT2D eigenvalue weighted by atomic mass is 35.5. The van der Waals surface area contributed by atoms with Crippen LogP contribution in [0.4, 0.5) is 14.9 Å². The predicted molar refractivity (Wildman–Crippen MR) is 110 cm³/mol. The zero-order valence-electron chi connectivity index (χ0n) is 16.0. The topological polar surface area (TPSA) is 87.5 Å². The lowest BCUT2D eigenvalue weighted by Crippen LogP contribution is -2.45. The Bertz CT molecular complexity index is 675. The summed E-state index contributed by atoms with van der Waals surface area (Å²) >= 11 is 0. The minimum absolute atomic E-state index is 0. The first kappa shape index (κ1) is 22.4. The molecule has 1 saturated heterocycles. The van der Waals surface area contributed by atoms with Crippen molar-refractivity contribution < 1.29 is 14.0 Å². The van der Waals surface area contributed by atoms with E-state index in [2.05, 4.69) is 10.6 Å². The van der Waals surface area contributed by atoms with Crippen LogP contribution in [0.2, 0.25) is 0 Å². The molecule has 1 heterocycles. The third-order valence-electron chi connectivity index (χ3n) is 5.66. The Morgan fingerprint density at radius 2 is 2.04 bits per heavy atom. The molecular formula is C20H30ClFN4O2. The van der Waals surface area contributed by atoms with Crippen LogP contribution in [0.15, 0.2) is 24.3 Å². The Hall–Kier alpha value is -1.86. The molecule has 3 atom stereocenters. The number of hydrogen-bond donors (Lipinski definition) is 3. The maximum absolute atomic E-state index is 13.2. The van der Waals surface area contributed by atoms with E-state index < -0.39 is 5.82 Å². The summed E-state index contributed by atoms with van der Waals surface area (Å²) in [5.41, 5.74) is 6.51. The number of nitrogens with one attached hydrogen (secondary N) is 2. The van der Waals surface area contributed by atoms with Crippen LogP contribution in [0.1, 0.15) is 38.5 Å². The number of halogens is 2. The van der Waals surface area contributed by atoms with Gasteiger partial charge in [-0.2, -0.15) is 0 Å². The highest BCUT2D eigenvalue weighted by Gasteiger charge is 2.30. The minimum Gasteiger partial charge on any atom is -0.342 e. The number of benzene rings is 1. The molecule has 0 spiro atoms. The average molecular weight is 413 g/mol. The second kappa shape index (κ2) is 10.6. The highest BCUT2D eigenvalue weighted by Crippen LogP contribution is 2.28. The van der Waals surface area contributed by atoms with Crippen LogP contribution in [-0.4, -0.2) is 42.5 Å². The van der Waals surface area contributed by atoms with Crippen molar-refractivity contribution in [2.24, 2.45) is 17.6 Å². The molecule has 8 heteroatoms. The van der Waals surface area contributed by atoms with Crippen molar-refractivity contribution in [2.45, 2.75) is 44.6 Å². The molecule has 1 aromatic carbocycles. The summed E-state index contributed by atoms with van der Waals surface area (Å²) in [6.07, 6.45) is 5.65. The van der Waals surface area contributed by atoms with Crippen molar-refractivity contribution in [3.8, 4) is 0 Å². The summed E-state index contributed by atoms with van der Waals surface area (Å²) in [4.78, 5) is 26.5. The molecule has 0 bridgehead atoms. The van der Waals surface area contributed by atoms with Gasteiger partial charge in [0.15, 0.2) is 0 Å². The fourth-order valence-electron chi connectivity index (χ4n) is 4.11. The number of nitrogens with two attached hydrogens (primary N) is 1. The van der Waals surface area contributed by atoms with Crippen molar-refractivity contribution >= 4 is 30.0 Å². The van der Waals surface area contributed by atoms with E-state index in [1.165, 1.54) is 12.1 Å². The number of carbonyl (C=O) groups is 2. The van der Waals surface area contributed by atoms with Gasteiger partial charge in [-0.3, -0.25) is 4.79 Å². The van der Waals surface area contributed by atoms with Gasteiger partial charge < -0.3 is 21.3 Å². The molecule has 1 aliphatic carbocycles. The zero-order chi connectivity index (χ0) is 19.2. The Morgan fingerprint density at radius 3 is 2.75 bits per heavy atom. The van der Waals surface area contributed by atoms with Gasteiger partial charge in [-0.05, 0) is 55.7 Å². The van der Waals surface area contributed by atoms with Crippen molar-refractivity contribution in [3.05, 3.63) is 30.1 Å². The Labute approximate surface area is 171 Å². The van der Waals surface area contributed by atoms with Gasteiger partial charge in [0.05, 0.1) is 0 Å². The van der Waals surface area contributed by atoms with E-state index in [1.54, 1.807) is 12.1 Å². The van der Waals surface area contributed by atoms with Crippen LogP contribution >= 0.6 is 12.4 Å². The first-order chi connectivity index (χ1) is 13.0. The average Bonchev–Trinajstić information content (AvgIpc) is 3.05. The number of urea groups is 1. The lowest BCUT2D eigenvalue weighted by molar-refractivity contribution is -0.134. The molecule has 4 N–H and O–H groups in total. The fourth-order valence-corrected chi connectivity index (χ4v) is 4.11. The van der Waals surface area contributed by atoms with Crippen LogP contribution in [0.3, 0.4) is 0 Å². The quantitative estimate of drug-likeness (QED) is 0.694. The third kappa shape index (κ3) is 6.34. The first-order valence-corrected chi connectivity index (χ1v) is 9.85. The lowest BCUT2D eigenvalue weighted by Gasteiger charge is -2.33. The van der Waals surface area contributed by atoms with E-state index in [9.17, 15) is 14.0 Å². The number of anilines is 1. The number of rotatable bonds is 5. The van der Waals surface area contributed by atoms with Crippen molar-refractivity contribution in [2.75, 3.05) is 25.0 Å². The Kier molecular flexibility index (Phi) is 8.51. The summed E-state index contributed by atoms with van der Waals surface area (Å²) in [6, 6.07) is 5.58. The van der Waals surface area contributed by atoms with E-state index in [0.29, 0.717) is 31.1 Å². The summed E-state index contributed by atoms with van der Waals surface area (Å²) in [6.45, 7) is 1.95. The van der Waals surface area contributed by atoms with Crippen LogP contribution in [0.25, 0.3) is 0 Å². The number of likely N-dealkylation sites (tertiary alicyclic amines) is 1. The third-order valence-corrected chi connectivity index (χ3v) is 5.66. The highest BCUT2D eigenvalue weighted by molar-refractivity contribution is 5.89. The molecule has 0 aromatic heterocycles. The van der Waals surface area contributed by atoms with Gasteiger partial charge in [-0.1, -0.05) is 12.5 Å². The molecule has 6 nitrogen and oxygen atoms in total. The Morgan fingerprint density at radius 1 is 1.21 bits per heavy atom. The standard InChI is InChI=1S/C20H29FN4O2.ClH/c21-16-6-2-7-17(11-16)24-20(27)23-12-14-4-3-9-25(13-14)19(26)10-15-5-1-8-18(15)22;/h2,6-7,11,14-15,18H,1,3-5,8-10,12-13,22H2,(H2,23,24,27);1H/t14?,15-,18+;/m0./s1. The lowest BCUT2D eigenvalue weighted by atomic mass is 9.95. The van der Waals surface area contributed by atoms with Gasteiger partial charge in [-0.15, -0.1) is 12.4 Å². The largest absolute Gasteiger partial charge is 0.342 e. The summed E-state index contributed by atoms with van der Waals surface area (Å²) in [5.74, 6) is 0.341. The predicted octanol–water partition coefficient (Wildman–Crippen LogP) is 3.13. The monoisotopic (exact) mass is 412 g/mol. The molecule has 2 aliphatic rings. The van der Waals surface area contributed by atoms with Gasteiger partial charge >= 0.3 is 6.03 Å². The van der Waals surface area contributed by atoms with Gasteiger partial charge in [-0.25, -0.2) is 9.18 Å². The van der Waals surface area contributed by atoms with Gasteiger partial charge in [0.1, 0.15) is 5.82 Å². The molecule has 1 aromatic rings. The first-order valence-electron chi connectivity index (χ1n) is 9.85. The Balaban J connectivity index is 0.00000280. The number of piperidine rings is 1. The van der Waals surface area contributed by atoms with E-state index in [1.807, 2.05) is 4.90 Å². The molecule has 3 rings (SSSR count). The van der Waals surface area contributed by atoms with Gasteiger partial charge in [0.25, 0.3) is 0 Å². The van der Waals surface area contributed by atoms with E-state index >= 15 is 0 Å². The zero-order valence-corrected chi connectivity index (χ0v) is 16.8. The summed E-state index contributed by atoms with van der Waals surface area (Å²) in [5, 5.41) is 5.45. The van der Waals surface area contributed by atoms with E-state index in [-0.39, 0.29) is 36.3 Å². The number of carbonyl (C=O) groups excluding carboxylic acids is 2. The molecule has 1 aliphatic heterocycles. The second-order valence-electron chi connectivity index (χ2n) is 7.75. The number of hydrogen-bond acceptors (Lipinski definition) is 3. The number of nitrogens with zero attached hydrogens (tertiary/aromatic N) is 1. The fraction of sp³-hybridized carbons (Fsp3) is 0.600. The maximum Gasteiger partial charge on any atom is 0.319 e. The minimum atomic E-state index is -0.392. The molecule has 1 unspecified atom stereocenters. The molecule has 2 fully saturated rings. The van der Waals surface area contributed by atoms with Crippen molar-refractivity contribution in [3.63, 3.8) is 0 Å². The molecule has 28 heavy (non-hydrogen) atoms. The van der Waals surface area contributed by atoms with E-state index in [4.69, 9.17) is 5.73 Å². The maximum atomic E-state index is 13.2. The van der Waals surface area contributed by atoms with Crippen LogP contribution in [-0.2, 0) is 4.79 Å². The van der Waals surface area contributed by atoms with E-state index in [0.717, 1.165) is 38.6 Å². The molecule has 3 amide bonds. The summed E-state index contributed by atoms with van der Waals surface area (Å²) in [7, 11) is 0. The van der Waals surface area contributed by atoms with Gasteiger partial charge in [0, 0.05) is 37.8 Å². The van der Waals surface area contributed by atoms with Crippen LogP contribution < -0.4 is 16.4 Å². The second-order valence-corrected chi connectivity index (χ2v) is 7.75. The molecule has 1 saturated carbocycles. The normalized spacial score (nSPS) is 24.4. The molecule has 156 valence electrons. The molecule has 0 radical (unpaired) electrons. The number of amides is 3. The van der Waals surface area contributed by atoms with Crippen LogP contribution in [0, 0.1) is 17.7 Å². The van der Waals surface area contributed by atoms with Crippen molar-refractivity contribution in [1.82, 2.24) is 10.2 Å². The van der Waals surface area contributed by atoms with Crippen molar-refractivity contribution in [1.29, 1.82) is 0 Å². The van der Waals surface area contributed by atoms with Gasteiger partial charge in [0.2, 0.25) is 5.91 Å².